The molecule has 0 saturated carbocycles. The molecule has 0 aromatic heterocycles. The van der Waals surface area contributed by atoms with Crippen LogP contribution in [-0.2, 0) is 4.79 Å². The Morgan fingerprint density at radius 2 is 2.00 bits per heavy atom. The second-order valence-corrected chi connectivity index (χ2v) is 4.04. The first kappa shape index (κ1) is 12.7. The van der Waals surface area contributed by atoms with Crippen LogP contribution in [0.1, 0.15) is 36.4 Å². The standard InChI is InChI=1S/C13H19NO2/c1-10-6-8-11(9-7-10)12(14-2)4-3-5-13(15)16/h6-9,12,14H,3-5H2,1-2H3,(H,15,16). The number of hydrogen-bond donors (Lipinski definition) is 2. The molecule has 1 rings (SSSR count). The van der Waals surface area contributed by atoms with Gasteiger partial charge in [0.2, 0.25) is 0 Å². The van der Waals surface area contributed by atoms with E-state index in [9.17, 15) is 4.79 Å². The van der Waals surface area contributed by atoms with Crippen molar-refractivity contribution in [3.05, 3.63) is 35.4 Å². The highest BCUT2D eigenvalue weighted by molar-refractivity contribution is 5.66. The van der Waals surface area contributed by atoms with Gasteiger partial charge in [-0.1, -0.05) is 29.8 Å². The van der Waals surface area contributed by atoms with Gasteiger partial charge in [-0.25, -0.2) is 0 Å². The van der Waals surface area contributed by atoms with Gasteiger partial charge in [0.25, 0.3) is 0 Å². The second-order valence-electron chi connectivity index (χ2n) is 4.04. The Morgan fingerprint density at radius 3 is 2.50 bits per heavy atom. The summed E-state index contributed by atoms with van der Waals surface area (Å²) in [4.78, 5) is 10.4. The predicted octanol–water partition coefficient (Wildman–Crippen LogP) is 2.51. The molecule has 0 spiro atoms. The number of aryl methyl sites for hydroxylation is 1. The van der Waals surface area contributed by atoms with Crippen LogP contribution in [0.5, 0.6) is 0 Å². The number of hydrogen-bond acceptors (Lipinski definition) is 2. The van der Waals surface area contributed by atoms with Crippen molar-refractivity contribution in [1.82, 2.24) is 5.32 Å². The topological polar surface area (TPSA) is 49.3 Å². The largest absolute Gasteiger partial charge is 0.481 e. The molecule has 0 fully saturated rings. The highest BCUT2D eigenvalue weighted by atomic mass is 16.4. The molecule has 1 atom stereocenters. The fraction of sp³-hybridized carbons (Fsp3) is 0.462. The molecule has 3 nitrogen and oxygen atoms in total. The molecule has 1 unspecified atom stereocenters. The minimum absolute atomic E-state index is 0.240. The highest BCUT2D eigenvalue weighted by Crippen LogP contribution is 2.19. The molecule has 3 heteroatoms. The molecule has 0 bridgehead atoms. The van der Waals surface area contributed by atoms with E-state index >= 15 is 0 Å². The lowest BCUT2D eigenvalue weighted by Crippen LogP contribution is -2.16. The lowest BCUT2D eigenvalue weighted by atomic mass is 10.0. The molecule has 0 aliphatic carbocycles. The Labute approximate surface area is 96.5 Å². The smallest absolute Gasteiger partial charge is 0.303 e. The molecule has 0 amide bonds. The number of carbonyl (C=O) groups is 1. The third kappa shape index (κ3) is 4.03. The Morgan fingerprint density at radius 1 is 1.38 bits per heavy atom. The van der Waals surface area contributed by atoms with Gasteiger partial charge in [-0.2, -0.15) is 0 Å². The fourth-order valence-corrected chi connectivity index (χ4v) is 1.73. The zero-order chi connectivity index (χ0) is 12.0. The molecule has 0 radical (unpaired) electrons. The molecular weight excluding hydrogens is 202 g/mol. The van der Waals surface area contributed by atoms with E-state index in [0.717, 1.165) is 6.42 Å². The van der Waals surface area contributed by atoms with Crippen molar-refractivity contribution in [3.63, 3.8) is 0 Å². The Kier molecular flexibility index (Phi) is 4.99. The summed E-state index contributed by atoms with van der Waals surface area (Å²) in [5, 5.41) is 11.8. The first-order chi connectivity index (χ1) is 7.63. The lowest BCUT2D eigenvalue weighted by Gasteiger charge is -2.16. The van der Waals surface area contributed by atoms with Gasteiger partial charge in [-0.05, 0) is 32.4 Å². The molecule has 16 heavy (non-hydrogen) atoms. The van der Waals surface area contributed by atoms with E-state index < -0.39 is 5.97 Å². The normalized spacial score (nSPS) is 12.4. The maximum atomic E-state index is 10.4. The van der Waals surface area contributed by atoms with Crippen LogP contribution >= 0.6 is 0 Å². The molecular formula is C13H19NO2. The van der Waals surface area contributed by atoms with E-state index in [-0.39, 0.29) is 12.5 Å². The van der Waals surface area contributed by atoms with Gasteiger partial charge in [-0.15, -0.1) is 0 Å². The van der Waals surface area contributed by atoms with Crippen LogP contribution in [0.25, 0.3) is 0 Å². The van der Waals surface area contributed by atoms with Crippen LogP contribution in [-0.4, -0.2) is 18.1 Å². The van der Waals surface area contributed by atoms with Gasteiger partial charge in [-0.3, -0.25) is 4.79 Å². The molecule has 0 heterocycles. The molecule has 1 aromatic carbocycles. The molecule has 88 valence electrons. The summed E-state index contributed by atoms with van der Waals surface area (Å²) < 4.78 is 0. The fourth-order valence-electron chi connectivity index (χ4n) is 1.73. The van der Waals surface area contributed by atoms with Crippen LogP contribution in [0.15, 0.2) is 24.3 Å². The van der Waals surface area contributed by atoms with Crippen LogP contribution in [0.3, 0.4) is 0 Å². The summed E-state index contributed by atoms with van der Waals surface area (Å²) in [5.41, 5.74) is 2.46. The average Bonchev–Trinajstić information content (AvgIpc) is 2.26. The average molecular weight is 221 g/mol. The van der Waals surface area contributed by atoms with Gasteiger partial charge in [0.1, 0.15) is 0 Å². The van der Waals surface area contributed by atoms with Crippen molar-refractivity contribution in [1.29, 1.82) is 0 Å². The maximum absolute atomic E-state index is 10.4. The first-order valence-corrected chi connectivity index (χ1v) is 5.59. The number of rotatable bonds is 6. The quantitative estimate of drug-likeness (QED) is 0.776. The number of aliphatic carboxylic acids is 1. The minimum atomic E-state index is -0.723. The van der Waals surface area contributed by atoms with E-state index in [1.807, 2.05) is 7.05 Å². The van der Waals surface area contributed by atoms with Crippen molar-refractivity contribution >= 4 is 5.97 Å². The zero-order valence-electron chi connectivity index (χ0n) is 9.86. The number of nitrogens with one attached hydrogen (secondary N) is 1. The summed E-state index contributed by atoms with van der Waals surface area (Å²) in [6.07, 6.45) is 1.80. The lowest BCUT2D eigenvalue weighted by molar-refractivity contribution is -0.137. The number of carboxylic acids is 1. The van der Waals surface area contributed by atoms with Crippen molar-refractivity contribution in [2.45, 2.75) is 32.2 Å². The van der Waals surface area contributed by atoms with Gasteiger partial charge >= 0.3 is 5.97 Å². The van der Waals surface area contributed by atoms with Gasteiger partial charge in [0, 0.05) is 12.5 Å². The molecule has 2 N–H and O–H groups in total. The van der Waals surface area contributed by atoms with Crippen molar-refractivity contribution in [3.8, 4) is 0 Å². The van der Waals surface area contributed by atoms with Gasteiger partial charge in [0.15, 0.2) is 0 Å². The Bertz CT molecular complexity index is 332. The summed E-state index contributed by atoms with van der Waals surface area (Å²) >= 11 is 0. The third-order valence-electron chi connectivity index (χ3n) is 2.71. The van der Waals surface area contributed by atoms with Crippen molar-refractivity contribution < 1.29 is 9.90 Å². The Hall–Kier alpha value is -1.35. The van der Waals surface area contributed by atoms with Gasteiger partial charge < -0.3 is 10.4 Å². The van der Waals surface area contributed by atoms with E-state index in [1.54, 1.807) is 0 Å². The summed E-state index contributed by atoms with van der Waals surface area (Å²) in [6, 6.07) is 8.60. The SMILES string of the molecule is CNC(CCCC(=O)O)c1ccc(C)cc1. The predicted molar refractivity (Wildman–Crippen MR) is 64.5 cm³/mol. The van der Waals surface area contributed by atoms with Crippen LogP contribution in [0.4, 0.5) is 0 Å². The molecule has 0 aliphatic heterocycles. The zero-order valence-corrected chi connectivity index (χ0v) is 9.86. The van der Waals surface area contributed by atoms with Crippen molar-refractivity contribution in [2.24, 2.45) is 0 Å². The minimum Gasteiger partial charge on any atom is -0.481 e. The summed E-state index contributed by atoms with van der Waals surface area (Å²) in [5.74, 6) is -0.723. The third-order valence-corrected chi connectivity index (χ3v) is 2.71. The molecule has 1 aromatic rings. The summed E-state index contributed by atoms with van der Waals surface area (Å²) in [6.45, 7) is 2.06. The summed E-state index contributed by atoms with van der Waals surface area (Å²) in [7, 11) is 1.91. The molecule has 0 saturated heterocycles. The van der Waals surface area contributed by atoms with E-state index in [0.29, 0.717) is 6.42 Å². The van der Waals surface area contributed by atoms with E-state index in [4.69, 9.17) is 5.11 Å². The van der Waals surface area contributed by atoms with E-state index in [1.165, 1.54) is 11.1 Å². The monoisotopic (exact) mass is 221 g/mol. The number of carboxylic acid groups (broad SMARTS) is 1. The van der Waals surface area contributed by atoms with Crippen LogP contribution in [0.2, 0.25) is 0 Å². The van der Waals surface area contributed by atoms with Crippen LogP contribution in [0, 0.1) is 6.92 Å². The van der Waals surface area contributed by atoms with E-state index in [2.05, 4.69) is 36.5 Å². The maximum Gasteiger partial charge on any atom is 0.303 e. The Balaban J connectivity index is 2.53. The van der Waals surface area contributed by atoms with Crippen molar-refractivity contribution in [2.75, 3.05) is 7.05 Å². The highest BCUT2D eigenvalue weighted by Gasteiger charge is 2.09. The second kappa shape index (κ2) is 6.28. The molecule has 0 aliphatic rings. The van der Waals surface area contributed by atoms with Gasteiger partial charge in [0.05, 0.1) is 0 Å². The first-order valence-electron chi connectivity index (χ1n) is 5.59. The number of benzene rings is 1. The van der Waals surface area contributed by atoms with Crippen LogP contribution < -0.4 is 5.32 Å².